The van der Waals surface area contributed by atoms with E-state index in [2.05, 4.69) is 10.6 Å². The van der Waals surface area contributed by atoms with E-state index >= 15 is 0 Å². The Labute approximate surface area is 138 Å². The highest BCUT2D eigenvalue weighted by Crippen LogP contribution is 2.29. The molecule has 1 aliphatic heterocycles. The number of benzene rings is 1. The summed E-state index contributed by atoms with van der Waals surface area (Å²) in [5, 5.41) is 5.08. The van der Waals surface area contributed by atoms with Crippen LogP contribution in [0.4, 0.5) is 11.4 Å². The van der Waals surface area contributed by atoms with Crippen molar-refractivity contribution in [1.29, 1.82) is 0 Å². The molecule has 0 fully saturated rings. The van der Waals surface area contributed by atoms with Crippen LogP contribution in [0.3, 0.4) is 0 Å². The monoisotopic (exact) mass is 349 g/mol. The highest BCUT2D eigenvalue weighted by atomic mass is 32.2. The highest BCUT2D eigenvalue weighted by Gasteiger charge is 2.25. The van der Waals surface area contributed by atoms with E-state index in [9.17, 15) is 18.0 Å². The predicted molar refractivity (Wildman–Crippen MR) is 85.7 cm³/mol. The number of anilines is 2. The lowest BCUT2D eigenvalue weighted by molar-refractivity contribution is -0.123. The molecule has 9 heteroatoms. The molecule has 3 rings (SSSR count). The van der Waals surface area contributed by atoms with Gasteiger partial charge < -0.3 is 15.1 Å². The van der Waals surface area contributed by atoms with Gasteiger partial charge in [-0.25, -0.2) is 8.42 Å². The molecule has 2 N–H and O–H groups in total. The zero-order valence-corrected chi connectivity index (χ0v) is 13.6. The highest BCUT2D eigenvalue weighted by molar-refractivity contribution is 7.89. The lowest BCUT2D eigenvalue weighted by atomic mass is 10.2. The zero-order valence-electron chi connectivity index (χ0n) is 12.8. The first-order valence-electron chi connectivity index (χ1n) is 7.09. The van der Waals surface area contributed by atoms with Crippen molar-refractivity contribution in [3.8, 4) is 0 Å². The number of hydrogen-bond donors (Lipinski definition) is 2. The summed E-state index contributed by atoms with van der Waals surface area (Å²) < 4.78 is 31.6. The molecule has 8 nitrogen and oxygen atoms in total. The summed E-state index contributed by atoms with van der Waals surface area (Å²) >= 11 is 0. The summed E-state index contributed by atoms with van der Waals surface area (Å²) in [6.45, 7) is 0.0789. The lowest BCUT2D eigenvalue weighted by Gasteiger charge is -2.17. The molecule has 0 aliphatic carbocycles. The first-order valence-corrected chi connectivity index (χ1v) is 8.53. The fraction of sp³-hybridized carbons (Fsp3) is 0.200. The molecule has 0 saturated heterocycles. The van der Waals surface area contributed by atoms with Crippen molar-refractivity contribution < 1.29 is 22.4 Å². The van der Waals surface area contributed by atoms with E-state index in [-0.39, 0.29) is 23.5 Å². The van der Waals surface area contributed by atoms with Gasteiger partial charge in [-0.1, -0.05) is 0 Å². The Morgan fingerprint density at radius 1 is 1.12 bits per heavy atom. The largest absolute Gasteiger partial charge is 0.468 e. The fourth-order valence-electron chi connectivity index (χ4n) is 2.32. The maximum Gasteiger partial charge on any atom is 0.243 e. The standard InChI is InChI=1S/C15H15N3O5S/c1-18(9-10-3-2-6-23-10)24(21,22)11-4-5-12-13(7-11)17-15(20)8-14(19)16-12/h2-7H,8-9H2,1H3,(H,16,19)(H,17,20). The molecule has 0 bridgehead atoms. The smallest absolute Gasteiger partial charge is 0.243 e. The van der Waals surface area contributed by atoms with Crippen molar-refractivity contribution in [2.45, 2.75) is 17.9 Å². The van der Waals surface area contributed by atoms with Crippen molar-refractivity contribution in [3.63, 3.8) is 0 Å². The van der Waals surface area contributed by atoms with Gasteiger partial charge in [-0.3, -0.25) is 9.59 Å². The molecule has 24 heavy (non-hydrogen) atoms. The average Bonchev–Trinajstić information content (AvgIpc) is 2.96. The topological polar surface area (TPSA) is 109 Å². The van der Waals surface area contributed by atoms with Gasteiger partial charge in [0.1, 0.15) is 12.2 Å². The molecular formula is C15H15N3O5S. The van der Waals surface area contributed by atoms with Crippen LogP contribution in [0.25, 0.3) is 0 Å². The molecule has 126 valence electrons. The minimum absolute atomic E-state index is 0.00625. The Balaban J connectivity index is 1.91. The number of hydrogen-bond acceptors (Lipinski definition) is 5. The molecule has 0 spiro atoms. The normalized spacial score (nSPS) is 14.8. The van der Waals surface area contributed by atoms with Crippen molar-refractivity contribution in [1.82, 2.24) is 4.31 Å². The number of nitrogens with zero attached hydrogens (tertiary/aromatic N) is 1. The molecule has 1 aliphatic rings. The third-order valence-electron chi connectivity index (χ3n) is 3.53. The van der Waals surface area contributed by atoms with Crippen LogP contribution >= 0.6 is 0 Å². The second-order valence-corrected chi connectivity index (χ2v) is 7.37. The van der Waals surface area contributed by atoms with Crippen LogP contribution in [0.2, 0.25) is 0 Å². The number of sulfonamides is 1. The maximum absolute atomic E-state index is 12.7. The van der Waals surface area contributed by atoms with E-state index in [0.29, 0.717) is 11.4 Å². The van der Waals surface area contributed by atoms with Crippen LogP contribution in [0.15, 0.2) is 45.9 Å². The summed E-state index contributed by atoms with van der Waals surface area (Å²) in [6.07, 6.45) is 1.16. The van der Waals surface area contributed by atoms with Gasteiger partial charge in [-0.2, -0.15) is 4.31 Å². The first-order chi connectivity index (χ1) is 11.4. The van der Waals surface area contributed by atoms with E-state index < -0.39 is 21.8 Å². The SMILES string of the molecule is CN(Cc1ccco1)S(=O)(=O)c1ccc2c(c1)NC(=O)CC(=O)N2. The summed E-state index contributed by atoms with van der Waals surface area (Å²) in [7, 11) is -2.35. The fourth-order valence-corrected chi connectivity index (χ4v) is 3.48. The predicted octanol–water partition coefficient (Wildman–Crippen LogP) is 1.38. The maximum atomic E-state index is 12.7. The van der Waals surface area contributed by atoms with E-state index in [0.717, 1.165) is 4.31 Å². The van der Waals surface area contributed by atoms with E-state index in [1.807, 2.05) is 0 Å². The number of nitrogens with one attached hydrogen (secondary N) is 2. The quantitative estimate of drug-likeness (QED) is 0.811. The van der Waals surface area contributed by atoms with Crippen LogP contribution in [0.1, 0.15) is 12.2 Å². The molecule has 2 amide bonds. The van der Waals surface area contributed by atoms with E-state index in [1.165, 1.54) is 31.5 Å². The van der Waals surface area contributed by atoms with Crippen LogP contribution in [0, 0.1) is 0 Å². The van der Waals surface area contributed by atoms with Crippen LogP contribution in [-0.2, 0) is 26.2 Å². The number of amides is 2. The average molecular weight is 349 g/mol. The molecule has 0 saturated carbocycles. The number of rotatable bonds is 4. The summed E-state index contributed by atoms with van der Waals surface area (Å²) in [5.74, 6) is -0.432. The number of furan rings is 1. The number of carbonyl (C=O) groups is 2. The molecule has 0 unspecified atom stereocenters. The second kappa shape index (κ2) is 6.10. The van der Waals surface area contributed by atoms with Crippen molar-refractivity contribution >= 4 is 33.2 Å². The van der Waals surface area contributed by atoms with Gasteiger partial charge in [0.05, 0.1) is 29.1 Å². The van der Waals surface area contributed by atoms with Crippen LogP contribution in [-0.4, -0.2) is 31.6 Å². The Hall–Kier alpha value is -2.65. The van der Waals surface area contributed by atoms with Crippen molar-refractivity contribution in [3.05, 3.63) is 42.4 Å². The minimum Gasteiger partial charge on any atom is -0.468 e. The van der Waals surface area contributed by atoms with Gasteiger partial charge in [-0.05, 0) is 30.3 Å². The van der Waals surface area contributed by atoms with Gasteiger partial charge >= 0.3 is 0 Å². The van der Waals surface area contributed by atoms with Gasteiger partial charge in [0.25, 0.3) is 0 Å². The molecule has 2 aromatic rings. The first kappa shape index (κ1) is 16.2. The third kappa shape index (κ3) is 3.17. The second-order valence-electron chi connectivity index (χ2n) is 5.32. The van der Waals surface area contributed by atoms with Crippen LogP contribution < -0.4 is 10.6 Å². The Kier molecular flexibility index (Phi) is 4.12. The van der Waals surface area contributed by atoms with Gasteiger partial charge in [-0.15, -0.1) is 0 Å². The summed E-state index contributed by atoms with van der Waals surface area (Å²) in [4.78, 5) is 23.1. The molecule has 2 heterocycles. The van der Waals surface area contributed by atoms with Crippen molar-refractivity contribution in [2.24, 2.45) is 0 Å². The molecule has 0 atom stereocenters. The van der Waals surface area contributed by atoms with Gasteiger partial charge in [0, 0.05) is 7.05 Å². The molecular weight excluding hydrogens is 334 g/mol. The lowest BCUT2D eigenvalue weighted by Crippen LogP contribution is -2.26. The van der Waals surface area contributed by atoms with Crippen molar-refractivity contribution in [2.75, 3.05) is 17.7 Å². The Morgan fingerprint density at radius 2 is 1.83 bits per heavy atom. The van der Waals surface area contributed by atoms with E-state index in [4.69, 9.17) is 4.42 Å². The Bertz CT molecular complexity index is 890. The molecule has 0 radical (unpaired) electrons. The summed E-state index contributed by atoms with van der Waals surface area (Å²) in [5.41, 5.74) is 0.608. The Morgan fingerprint density at radius 3 is 2.50 bits per heavy atom. The molecule has 1 aromatic carbocycles. The number of fused-ring (bicyclic) bond motifs is 1. The molecule has 1 aromatic heterocycles. The van der Waals surface area contributed by atoms with E-state index in [1.54, 1.807) is 12.1 Å². The number of carbonyl (C=O) groups excluding carboxylic acids is 2. The van der Waals surface area contributed by atoms with Crippen LogP contribution in [0.5, 0.6) is 0 Å². The van der Waals surface area contributed by atoms with Gasteiger partial charge in [0.2, 0.25) is 21.8 Å². The summed E-state index contributed by atoms with van der Waals surface area (Å²) in [6, 6.07) is 7.51. The third-order valence-corrected chi connectivity index (χ3v) is 5.33. The minimum atomic E-state index is -3.78. The zero-order chi connectivity index (χ0) is 17.3. The van der Waals surface area contributed by atoms with Gasteiger partial charge in [0.15, 0.2) is 0 Å².